The van der Waals surface area contributed by atoms with Crippen molar-refractivity contribution in [1.82, 2.24) is 15.0 Å². The van der Waals surface area contributed by atoms with Crippen LogP contribution >= 0.6 is 11.3 Å². The van der Waals surface area contributed by atoms with Gasteiger partial charge in [-0.15, -0.1) is 11.3 Å². The Bertz CT molecular complexity index is 550. The van der Waals surface area contributed by atoms with Crippen LogP contribution in [0.2, 0.25) is 0 Å². The number of anilines is 2. The zero-order valence-electron chi connectivity index (χ0n) is 11.5. The van der Waals surface area contributed by atoms with Gasteiger partial charge < -0.3 is 10.6 Å². The number of aromatic nitrogens is 3. The molecule has 0 saturated carbocycles. The van der Waals surface area contributed by atoms with Crippen LogP contribution in [0.3, 0.4) is 0 Å². The van der Waals surface area contributed by atoms with Gasteiger partial charge in [0.15, 0.2) is 5.13 Å². The first-order valence-corrected chi connectivity index (χ1v) is 7.27. The van der Waals surface area contributed by atoms with Crippen molar-refractivity contribution in [2.45, 2.75) is 26.7 Å². The topological polar surface area (TPSA) is 79.8 Å². The van der Waals surface area contributed by atoms with E-state index in [0.717, 1.165) is 11.4 Å². The Morgan fingerprint density at radius 1 is 1.30 bits per heavy atom. The van der Waals surface area contributed by atoms with Crippen LogP contribution in [0.15, 0.2) is 17.6 Å². The molecule has 0 aliphatic heterocycles. The molecule has 2 heterocycles. The Morgan fingerprint density at radius 2 is 2.05 bits per heavy atom. The van der Waals surface area contributed by atoms with Gasteiger partial charge in [-0.2, -0.15) is 0 Å². The van der Waals surface area contributed by atoms with Gasteiger partial charge in [-0.1, -0.05) is 0 Å². The highest BCUT2D eigenvalue weighted by molar-refractivity contribution is 7.13. The number of rotatable bonds is 6. The lowest BCUT2D eigenvalue weighted by Crippen LogP contribution is -2.14. The van der Waals surface area contributed by atoms with Crippen LogP contribution in [-0.4, -0.2) is 27.4 Å². The SMILES string of the molecule is Cc1cc(C)nc(NCCCC(=O)Nc2nccs2)n1. The molecule has 2 rings (SSSR count). The lowest BCUT2D eigenvalue weighted by molar-refractivity contribution is -0.116. The largest absolute Gasteiger partial charge is 0.354 e. The van der Waals surface area contributed by atoms with Gasteiger partial charge in [-0.05, 0) is 26.3 Å². The first-order valence-electron chi connectivity index (χ1n) is 6.39. The summed E-state index contributed by atoms with van der Waals surface area (Å²) in [6.45, 7) is 4.52. The third-order valence-corrected chi connectivity index (χ3v) is 3.21. The molecule has 0 radical (unpaired) electrons. The van der Waals surface area contributed by atoms with Gasteiger partial charge in [-0.3, -0.25) is 4.79 Å². The number of carbonyl (C=O) groups is 1. The van der Waals surface area contributed by atoms with Gasteiger partial charge in [-0.25, -0.2) is 15.0 Å². The monoisotopic (exact) mass is 291 g/mol. The van der Waals surface area contributed by atoms with Crippen LogP contribution < -0.4 is 10.6 Å². The highest BCUT2D eigenvalue weighted by Gasteiger charge is 2.04. The van der Waals surface area contributed by atoms with Crippen molar-refractivity contribution in [1.29, 1.82) is 0 Å². The Labute approximate surface area is 121 Å². The van der Waals surface area contributed by atoms with Gasteiger partial charge in [0, 0.05) is 35.9 Å². The third-order valence-electron chi connectivity index (χ3n) is 2.52. The van der Waals surface area contributed by atoms with E-state index in [9.17, 15) is 4.79 Å². The zero-order valence-corrected chi connectivity index (χ0v) is 12.3. The zero-order chi connectivity index (χ0) is 14.4. The minimum atomic E-state index is -0.0249. The van der Waals surface area contributed by atoms with E-state index in [1.807, 2.05) is 25.3 Å². The summed E-state index contributed by atoms with van der Waals surface area (Å²) in [6.07, 6.45) is 2.82. The second-order valence-corrected chi connectivity index (χ2v) is 5.28. The maximum atomic E-state index is 11.6. The average Bonchev–Trinajstić information content (AvgIpc) is 2.86. The molecule has 0 fully saturated rings. The predicted molar refractivity (Wildman–Crippen MR) is 80.0 cm³/mol. The molecular weight excluding hydrogens is 274 g/mol. The van der Waals surface area contributed by atoms with Gasteiger partial charge in [0.1, 0.15) is 0 Å². The van der Waals surface area contributed by atoms with Crippen molar-refractivity contribution in [3.63, 3.8) is 0 Å². The molecule has 0 aromatic carbocycles. The second-order valence-electron chi connectivity index (χ2n) is 4.39. The minimum Gasteiger partial charge on any atom is -0.354 e. The lowest BCUT2D eigenvalue weighted by Gasteiger charge is -2.06. The van der Waals surface area contributed by atoms with Crippen molar-refractivity contribution >= 4 is 28.3 Å². The molecule has 0 unspecified atom stereocenters. The van der Waals surface area contributed by atoms with Crippen LogP contribution in [0.5, 0.6) is 0 Å². The van der Waals surface area contributed by atoms with Crippen molar-refractivity contribution in [2.75, 3.05) is 17.2 Å². The predicted octanol–water partition coefficient (Wildman–Crippen LogP) is 2.38. The summed E-state index contributed by atoms with van der Waals surface area (Å²) in [7, 11) is 0. The van der Waals surface area contributed by atoms with Crippen LogP contribution in [0.25, 0.3) is 0 Å². The van der Waals surface area contributed by atoms with Crippen molar-refractivity contribution in [2.24, 2.45) is 0 Å². The summed E-state index contributed by atoms with van der Waals surface area (Å²) in [6, 6.07) is 1.92. The van der Waals surface area contributed by atoms with Crippen molar-refractivity contribution < 1.29 is 4.79 Å². The molecule has 20 heavy (non-hydrogen) atoms. The van der Waals surface area contributed by atoms with Crippen LogP contribution in [0.1, 0.15) is 24.2 Å². The van der Waals surface area contributed by atoms with E-state index in [-0.39, 0.29) is 5.91 Å². The minimum absolute atomic E-state index is 0.0249. The summed E-state index contributed by atoms with van der Waals surface area (Å²) in [5.74, 6) is 0.589. The van der Waals surface area contributed by atoms with Gasteiger partial charge in [0.05, 0.1) is 0 Å². The molecule has 0 spiro atoms. The number of nitrogens with one attached hydrogen (secondary N) is 2. The van der Waals surface area contributed by atoms with Crippen LogP contribution in [0, 0.1) is 13.8 Å². The second kappa shape index (κ2) is 6.95. The van der Waals surface area contributed by atoms with Crippen molar-refractivity contribution in [3.05, 3.63) is 29.0 Å². The summed E-state index contributed by atoms with van der Waals surface area (Å²) in [4.78, 5) is 24.2. The molecule has 0 aliphatic rings. The molecule has 2 aromatic heterocycles. The van der Waals surface area contributed by atoms with E-state index < -0.39 is 0 Å². The van der Waals surface area contributed by atoms with E-state index in [4.69, 9.17) is 0 Å². The highest BCUT2D eigenvalue weighted by Crippen LogP contribution is 2.10. The summed E-state index contributed by atoms with van der Waals surface area (Å²) >= 11 is 1.41. The number of thiazole rings is 1. The summed E-state index contributed by atoms with van der Waals surface area (Å²) in [5, 5.41) is 8.34. The fraction of sp³-hybridized carbons (Fsp3) is 0.385. The molecule has 0 aliphatic carbocycles. The molecule has 0 saturated heterocycles. The number of carbonyl (C=O) groups excluding carboxylic acids is 1. The molecule has 1 amide bonds. The van der Waals surface area contributed by atoms with E-state index in [1.165, 1.54) is 11.3 Å². The third kappa shape index (κ3) is 4.58. The maximum absolute atomic E-state index is 11.6. The standard InChI is InChI=1S/C13H17N5OS/c1-9-8-10(2)17-12(16-9)14-5-3-4-11(19)18-13-15-6-7-20-13/h6-8H,3-5H2,1-2H3,(H,14,16,17)(H,15,18,19). The Kier molecular flexibility index (Phi) is 5.00. The average molecular weight is 291 g/mol. The van der Waals surface area contributed by atoms with Crippen molar-refractivity contribution in [3.8, 4) is 0 Å². The van der Waals surface area contributed by atoms with E-state index in [0.29, 0.717) is 30.5 Å². The molecule has 2 N–H and O–H groups in total. The number of amides is 1. The lowest BCUT2D eigenvalue weighted by atomic mass is 10.3. The number of hydrogen-bond acceptors (Lipinski definition) is 6. The Balaban J connectivity index is 1.69. The Hall–Kier alpha value is -2.02. The van der Waals surface area contributed by atoms with E-state index >= 15 is 0 Å². The molecule has 7 heteroatoms. The van der Waals surface area contributed by atoms with Crippen LogP contribution in [-0.2, 0) is 4.79 Å². The van der Waals surface area contributed by atoms with Gasteiger partial charge >= 0.3 is 0 Å². The fourth-order valence-electron chi connectivity index (χ4n) is 1.72. The highest BCUT2D eigenvalue weighted by atomic mass is 32.1. The number of hydrogen-bond donors (Lipinski definition) is 2. The summed E-state index contributed by atoms with van der Waals surface area (Å²) in [5.41, 5.74) is 1.86. The molecule has 0 bridgehead atoms. The first kappa shape index (κ1) is 14.4. The first-order chi connectivity index (χ1) is 9.63. The van der Waals surface area contributed by atoms with E-state index in [2.05, 4.69) is 25.6 Å². The quantitative estimate of drug-likeness (QED) is 0.799. The smallest absolute Gasteiger partial charge is 0.226 e. The normalized spacial score (nSPS) is 10.3. The molecule has 6 nitrogen and oxygen atoms in total. The molecule has 106 valence electrons. The molecule has 0 atom stereocenters. The molecular formula is C13H17N5OS. The van der Waals surface area contributed by atoms with E-state index in [1.54, 1.807) is 6.20 Å². The number of aryl methyl sites for hydroxylation is 2. The Morgan fingerprint density at radius 3 is 2.70 bits per heavy atom. The summed E-state index contributed by atoms with van der Waals surface area (Å²) < 4.78 is 0. The fourth-order valence-corrected chi connectivity index (χ4v) is 2.27. The van der Waals surface area contributed by atoms with Gasteiger partial charge in [0.2, 0.25) is 11.9 Å². The molecule has 2 aromatic rings. The van der Waals surface area contributed by atoms with Crippen LogP contribution in [0.4, 0.5) is 11.1 Å². The number of nitrogens with zero attached hydrogens (tertiary/aromatic N) is 3. The van der Waals surface area contributed by atoms with Gasteiger partial charge in [0.25, 0.3) is 0 Å². The maximum Gasteiger partial charge on any atom is 0.226 e.